The van der Waals surface area contributed by atoms with Crippen molar-refractivity contribution in [2.24, 2.45) is 28.9 Å². The van der Waals surface area contributed by atoms with E-state index in [9.17, 15) is 4.79 Å². The van der Waals surface area contributed by atoms with Crippen molar-refractivity contribution >= 4 is 11.5 Å². The summed E-state index contributed by atoms with van der Waals surface area (Å²) >= 11 is 0. The van der Waals surface area contributed by atoms with Crippen LogP contribution in [0, 0.1) is 30.1 Å². The summed E-state index contributed by atoms with van der Waals surface area (Å²) < 4.78 is 0. The molecule has 5 aliphatic rings. The quantitative estimate of drug-likeness (QED) is 0.761. The van der Waals surface area contributed by atoms with Gasteiger partial charge in [-0.1, -0.05) is 6.07 Å². The second-order valence-corrected chi connectivity index (χ2v) is 10.9. The van der Waals surface area contributed by atoms with Crippen molar-refractivity contribution in [3.8, 4) is 0 Å². The molecule has 28 heavy (non-hydrogen) atoms. The predicted molar refractivity (Wildman–Crippen MR) is 114 cm³/mol. The molecule has 0 radical (unpaired) electrons. The first kappa shape index (κ1) is 18.4. The fourth-order valence-electron chi connectivity index (χ4n) is 7.19. The number of nitrogens with two attached hydrogens (primary N) is 1. The highest BCUT2D eigenvalue weighted by molar-refractivity contribution is 6.01. The molecule has 0 atom stereocenters. The van der Waals surface area contributed by atoms with Crippen molar-refractivity contribution in [2.75, 3.05) is 0 Å². The van der Waals surface area contributed by atoms with Gasteiger partial charge in [-0.05, 0) is 106 Å². The van der Waals surface area contributed by atoms with Crippen molar-refractivity contribution in [2.45, 2.75) is 77.8 Å². The molecule has 4 saturated carbocycles. The Kier molecular flexibility index (Phi) is 4.07. The summed E-state index contributed by atoms with van der Waals surface area (Å²) in [5.74, 6) is 2.77. The van der Waals surface area contributed by atoms with Gasteiger partial charge < -0.3 is 11.1 Å². The summed E-state index contributed by atoms with van der Waals surface area (Å²) in [6, 6.07) is 4.49. The molecule has 3 nitrogen and oxygen atoms in total. The normalized spacial score (nSPS) is 36.3. The van der Waals surface area contributed by atoms with Gasteiger partial charge in [-0.25, -0.2) is 0 Å². The van der Waals surface area contributed by atoms with Gasteiger partial charge in [-0.3, -0.25) is 4.79 Å². The summed E-state index contributed by atoms with van der Waals surface area (Å²) in [4.78, 5) is 13.7. The van der Waals surface area contributed by atoms with Crippen LogP contribution in [-0.4, -0.2) is 11.3 Å². The Labute approximate surface area is 169 Å². The van der Waals surface area contributed by atoms with E-state index in [1.807, 2.05) is 6.08 Å². The van der Waals surface area contributed by atoms with E-state index in [0.717, 1.165) is 49.1 Å². The maximum Gasteiger partial charge on any atom is 0.163 e. The van der Waals surface area contributed by atoms with E-state index in [0.29, 0.717) is 12.3 Å². The molecule has 0 amide bonds. The third kappa shape index (κ3) is 2.94. The van der Waals surface area contributed by atoms with E-state index in [2.05, 4.69) is 38.2 Å². The Bertz CT molecular complexity index is 828. The van der Waals surface area contributed by atoms with Crippen LogP contribution in [0.3, 0.4) is 0 Å². The van der Waals surface area contributed by atoms with Crippen LogP contribution < -0.4 is 11.1 Å². The summed E-state index contributed by atoms with van der Waals surface area (Å²) in [5.41, 5.74) is 11.8. The zero-order chi connectivity index (χ0) is 19.7. The largest absolute Gasteiger partial charge is 0.379 e. The lowest BCUT2D eigenvalue weighted by Gasteiger charge is -2.55. The molecule has 3 N–H and O–H groups in total. The van der Waals surface area contributed by atoms with E-state index in [4.69, 9.17) is 5.73 Å². The topological polar surface area (TPSA) is 55.1 Å². The Hall–Kier alpha value is -1.61. The van der Waals surface area contributed by atoms with Crippen molar-refractivity contribution in [1.82, 2.24) is 5.32 Å². The van der Waals surface area contributed by atoms with E-state index in [1.54, 1.807) is 0 Å². The maximum absolute atomic E-state index is 13.7. The lowest BCUT2D eigenvalue weighted by atomic mass is 9.48. The van der Waals surface area contributed by atoms with Crippen LogP contribution in [0.5, 0.6) is 0 Å². The van der Waals surface area contributed by atoms with Gasteiger partial charge in [0.1, 0.15) is 0 Å². The number of aryl methyl sites for hydroxylation is 1. The van der Waals surface area contributed by atoms with E-state index >= 15 is 0 Å². The molecule has 3 heteroatoms. The third-order valence-electron chi connectivity index (χ3n) is 8.01. The Morgan fingerprint density at radius 3 is 2.32 bits per heavy atom. The van der Waals surface area contributed by atoms with Crippen LogP contribution in [0.4, 0.5) is 0 Å². The first-order valence-corrected chi connectivity index (χ1v) is 11.1. The van der Waals surface area contributed by atoms with E-state index in [1.165, 1.54) is 41.5 Å². The third-order valence-corrected chi connectivity index (χ3v) is 8.01. The van der Waals surface area contributed by atoms with Crippen LogP contribution in [0.2, 0.25) is 0 Å². The van der Waals surface area contributed by atoms with E-state index in [-0.39, 0.29) is 11.0 Å². The van der Waals surface area contributed by atoms with Crippen LogP contribution in [0.25, 0.3) is 5.70 Å². The Morgan fingerprint density at radius 2 is 1.75 bits per heavy atom. The molecule has 1 aromatic rings. The number of ketones is 1. The predicted octanol–water partition coefficient (Wildman–Crippen LogP) is 4.50. The Balaban J connectivity index is 1.54. The molecule has 0 aromatic heterocycles. The average Bonchev–Trinajstić information content (AvgIpc) is 2.59. The first-order chi connectivity index (χ1) is 13.3. The van der Waals surface area contributed by atoms with Crippen molar-refractivity contribution in [3.05, 3.63) is 40.5 Å². The lowest BCUT2D eigenvalue weighted by Crippen LogP contribution is -2.50. The molecule has 4 fully saturated rings. The highest BCUT2D eigenvalue weighted by atomic mass is 16.1. The fraction of sp³-hybridized carbons (Fsp3) is 0.640. The number of fused-ring (bicyclic) bond motifs is 1. The molecule has 1 aromatic carbocycles. The van der Waals surface area contributed by atoms with E-state index < -0.39 is 0 Å². The maximum atomic E-state index is 13.7. The highest BCUT2D eigenvalue weighted by Crippen LogP contribution is 2.60. The number of hydrogen-bond donors (Lipinski definition) is 2. The molecule has 6 rings (SSSR count). The van der Waals surface area contributed by atoms with Crippen molar-refractivity contribution in [3.63, 3.8) is 0 Å². The molecule has 4 aliphatic carbocycles. The summed E-state index contributed by atoms with van der Waals surface area (Å²) in [7, 11) is 0. The average molecular weight is 379 g/mol. The van der Waals surface area contributed by atoms with Crippen molar-refractivity contribution in [1.29, 1.82) is 0 Å². The minimum atomic E-state index is -0.0768. The van der Waals surface area contributed by atoms with Gasteiger partial charge in [-0.2, -0.15) is 0 Å². The van der Waals surface area contributed by atoms with Gasteiger partial charge >= 0.3 is 0 Å². The first-order valence-electron chi connectivity index (χ1n) is 11.1. The monoisotopic (exact) mass is 378 g/mol. The summed E-state index contributed by atoms with van der Waals surface area (Å²) in [5, 5.41) is 3.68. The number of carbonyl (C=O) groups excluding carboxylic acids is 1. The van der Waals surface area contributed by atoms with Crippen LogP contribution in [0.1, 0.15) is 74.6 Å². The number of carbonyl (C=O) groups is 1. The molecule has 150 valence electrons. The molecule has 1 heterocycles. The zero-order valence-electron chi connectivity index (χ0n) is 17.6. The van der Waals surface area contributed by atoms with Crippen LogP contribution in [0.15, 0.2) is 18.2 Å². The number of nitrogens with one attached hydrogen (secondary N) is 1. The number of allylic oxidation sites excluding steroid dienone is 1. The zero-order valence-corrected chi connectivity index (χ0v) is 17.6. The van der Waals surface area contributed by atoms with Gasteiger partial charge in [0, 0.05) is 34.8 Å². The summed E-state index contributed by atoms with van der Waals surface area (Å²) in [6.07, 6.45) is 10.4. The lowest BCUT2D eigenvalue weighted by molar-refractivity contribution is -0.138. The summed E-state index contributed by atoms with van der Waals surface area (Å²) in [6.45, 7) is 7.14. The van der Waals surface area contributed by atoms with Gasteiger partial charge in [0.15, 0.2) is 5.78 Å². The second kappa shape index (κ2) is 6.19. The molecular weight excluding hydrogens is 344 g/mol. The molecule has 4 bridgehead atoms. The number of rotatable bonds is 3. The van der Waals surface area contributed by atoms with Crippen LogP contribution in [-0.2, 0) is 17.8 Å². The molecule has 0 spiro atoms. The van der Waals surface area contributed by atoms with Gasteiger partial charge in [0.25, 0.3) is 0 Å². The molecule has 0 unspecified atom stereocenters. The standard InChI is InChI=1S/C25H34N2O/c1-15-4-19-13-24(2,3)27-22(21(19)8-20(15)14-26)9-23(28)25-10-16-5-17(11-25)7-18(6-16)12-25/h4,8-9,16-18,27H,5-7,10-14,26H2,1-3H3/b22-9-. The minimum Gasteiger partial charge on any atom is -0.379 e. The molecule has 0 saturated heterocycles. The smallest absolute Gasteiger partial charge is 0.163 e. The number of hydrogen-bond acceptors (Lipinski definition) is 3. The minimum absolute atomic E-state index is 0.0444. The highest BCUT2D eigenvalue weighted by Gasteiger charge is 2.54. The Morgan fingerprint density at radius 1 is 1.14 bits per heavy atom. The van der Waals surface area contributed by atoms with Crippen molar-refractivity contribution < 1.29 is 4.79 Å². The van der Waals surface area contributed by atoms with Gasteiger partial charge in [0.2, 0.25) is 0 Å². The molecule has 1 aliphatic heterocycles. The van der Waals surface area contributed by atoms with Gasteiger partial charge in [-0.15, -0.1) is 0 Å². The second-order valence-electron chi connectivity index (χ2n) is 10.9. The van der Waals surface area contributed by atoms with Crippen LogP contribution >= 0.6 is 0 Å². The van der Waals surface area contributed by atoms with Gasteiger partial charge in [0.05, 0.1) is 0 Å². The molecular formula is C25H34N2O. The fourth-order valence-corrected chi connectivity index (χ4v) is 7.19. The number of benzene rings is 1. The SMILES string of the molecule is Cc1cc2c(cc1CN)/C(=C/C(=O)C13CC4CC(CC(C4)C1)C3)NC(C)(C)C2.